The van der Waals surface area contributed by atoms with Crippen LogP contribution in [0.3, 0.4) is 0 Å². The predicted octanol–water partition coefficient (Wildman–Crippen LogP) is 2.65. The molecule has 5 nitrogen and oxygen atoms in total. The Morgan fingerprint density at radius 1 is 1.09 bits per heavy atom. The number of halogens is 1. The van der Waals surface area contributed by atoms with Crippen LogP contribution < -0.4 is 15.4 Å². The lowest BCUT2D eigenvalue weighted by Gasteiger charge is -2.08. The van der Waals surface area contributed by atoms with E-state index in [2.05, 4.69) is 10.6 Å². The maximum Gasteiger partial charge on any atom is 0.313 e. The molecule has 2 N–H and O–H groups in total. The highest BCUT2D eigenvalue weighted by atomic mass is 35.5. The van der Waals surface area contributed by atoms with Crippen molar-refractivity contribution >= 4 is 29.1 Å². The normalized spacial score (nSPS) is 10.0. The average Bonchev–Trinajstić information content (AvgIpc) is 2.55. The molecular formula is C17H17ClN2O3. The molecule has 0 aliphatic carbocycles. The number of carbonyl (C=O) groups excluding carboxylic acids is 2. The van der Waals surface area contributed by atoms with E-state index in [9.17, 15) is 9.59 Å². The first-order valence-electron chi connectivity index (χ1n) is 7.06. The summed E-state index contributed by atoms with van der Waals surface area (Å²) in [4.78, 5) is 23.6. The Morgan fingerprint density at radius 3 is 2.61 bits per heavy atom. The number of carbonyl (C=O) groups is 2. The van der Waals surface area contributed by atoms with E-state index in [1.54, 1.807) is 30.3 Å². The maximum absolute atomic E-state index is 11.8. The van der Waals surface area contributed by atoms with Gasteiger partial charge in [-0.15, -0.1) is 0 Å². The summed E-state index contributed by atoms with van der Waals surface area (Å²) in [5.41, 5.74) is 1.49. The van der Waals surface area contributed by atoms with Crippen LogP contribution in [0, 0.1) is 0 Å². The third-order valence-electron chi connectivity index (χ3n) is 3.12. The van der Waals surface area contributed by atoms with Gasteiger partial charge in [-0.1, -0.05) is 29.8 Å². The van der Waals surface area contributed by atoms with E-state index in [1.165, 1.54) is 7.11 Å². The smallest absolute Gasteiger partial charge is 0.313 e. The first-order valence-corrected chi connectivity index (χ1v) is 7.44. The average molecular weight is 333 g/mol. The van der Waals surface area contributed by atoms with Crippen LogP contribution in [0.4, 0.5) is 5.69 Å². The van der Waals surface area contributed by atoms with E-state index in [0.29, 0.717) is 29.4 Å². The Balaban J connectivity index is 1.81. The van der Waals surface area contributed by atoms with Gasteiger partial charge in [0.2, 0.25) is 0 Å². The van der Waals surface area contributed by atoms with Crippen LogP contribution in [0.25, 0.3) is 0 Å². The second-order valence-electron chi connectivity index (χ2n) is 4.82. The van der Waals surface area contributed by atoms with Crippen LogP contribution >= 0.6 is 11.6 Å². The Hall–Kier alpha value is -2.53. The molecule has 0 unspecified atom stereocenters. The minimum Gasteiger partial charge on any atom is -0.497 e. The summed E-state index contributed by atoms with van der Waals surface area (Å²) >= 11 is 5.89. The highest BCUT2D eigenvalue weighted by Gasteiger charge is 2.13. The van der Waals surface area contributed by atoms with E-state index >= 15 is 0 Å². The lowest BCUT2D eigenvalue weighted by molar-refractivity contribution is -0.136. The van der Waals surface area contributed by atoms with Crippen LogP contribution in [0.15, 0.2) is 48.5 Å². The van der Waals surface area contributed by atoms with Gasteiger partial charge in [0.25, 0.3) is 0 Å². The molecule has 0 radical (unpaired) electrons. The fraction of sp³-hybridized carbons (Fsp3) is 0.176. The van der Waals surface area contributed by atoms with Crippen molar-refractivity contribution in [3.05, 3.63) is 59.1 Å². The lowest BCUT2D eigenvalue weighted by atomic mass is 10.1. The van der Waals surface area contributed by atoms with Crippen LogP contribution in [-0.2, 0) is 16.0 Å². The molecule has 0 aliphatic rings. The van der Waals surface area contributed by atoms with Crippen molar-refractivity contribution in [3.63, 3.8) is 0 Å². The first-order chi connectivity index (χ1) is 11.1. The van der Waals surface area contributed by atoms with Gasteiger partial charge in [-0.25, -0.2) is 0 Å². The second-order valence-corrected chi connectivity index (χ2v) is 5.26. The highest BCUT2D eigenvalue weighted by molar-refractivity contribution is 6.39. The largest absolute Gasteiger partial charge is 0.497 e. The topological polar surface area (TPSA) is 67.4 Å². The van der Waals surface area contributed by atoms with Crippen molar-refractivity contribution in [2.75, 3.05) is 19.0 Å². The monoisotopic (exact) mass is 332 g/mol. The SMILES string of the molecule is COc1cccc(NC(=O)C(=O)NCCc2cccc(Cl)c2)c1. The van der Waals surface area contributed by atoms with Crippen molar-refractivity contribution < 1.29 is 14.3 Å². The van der Waals surface area contributed by atoms with E-state index < -0.39 is 11.8 Å². The van der Waals surface area contributed by atoms with E-state index in [1.807, 2.05) is 18.2 Å². The number of anilines is 1. The van der Waals surface area contributed by atoms with E-state index in [-0.39, 0.29) is 0 Å². The quantitative estimate of drug-likeness (QED) is 0.827. The van der Waals surface area contributed by atoms with Gasteiger partial charge in [0.05, 0.1) is 7.11 Å². The van der Waals surface area contributed by atoms with Gasteiger partial charge in [0, 0.05) is 23.3 Å². The summed E-state index contributed by atoms with van der Waals surface area (Å²) in [6.45, 7) is 0.352. The van der Waals surface area contributed by atoms with Gasteiger partial charge in [-0.3, -0.25) is 9.59 Å². The number of ether oxygens (including phenoxy) is 1. The molecule has 0 spiro atoms. The number of hydrogen-bond acceptors (Lipinski definition) is 3. The lowest BCUT2D eigenvalue weighted by Crippen LogP contribution is -2.36. The minimum absolute atomic E-state index is 0.352. The van der Waals surface area contributed by atoms with Crippen molar-refractivity contribution in [2.45, 2.75) is 6.42 Å². The summed E-state index contributed by atoms with van der Waals surface area (Å²) in [5, 5.41) is 5.74. The Labute approximate surface area is 139 Å². The molecule has 23 heavy (non-hydrogen) atoms. The number of benzene rings is 2. The molecule has 0 atom stereocenters. The number of amides is 2. The number of methoxy groups -OCH3 is 1. The van der Waals surface area contributed by atoms with Gasteiger partial charge in [0.1, 0.15) is 5.75 Å². The van der Waals surface area contributed by atoms with Crippen LogP contribution in [0.5, 0.6) is 5.75 Å². The molecule has 0 bridgehead atoms. The molecular weight excluding hydrogens is 316 g/mol. The Kier molecular flexibility index (Phi) is 6.00. The van der Waals surface area contributed by atoms with Gasteiger partial charge in [-0.05, 0) is 36.2 Å². The predicted molar refractivity (Wildman–Crippen MR) is 89.8 cm³/mol. The molecule has 0 aromatic heterocycles. The van der Waals surface area contributed by atoms with Crippen LogP contribution in [-0.4, -0.2) is 25.5 Å². The molecule has 0 saturated carbocycles. The summed E-state index contributed by atoms with van der Waals surface area (Å²) in [6.07, 6.45) is 0.596. The third kappa shape index (κ3) is 5.30. The summed E-state index contributed by atoms with van der Waals surface area (Å²) in [6, 6.07) is 14.2. The van der Waals surface area contributed by atoms with E-state index in [4.69, 9.17) is 16.3 Å². The summed E-state index contributed by atoms with van der Waals surface area (Å²) in [7, 11) is 1.53. The zero-order chi connectivity index (χ0) is 16.7. The van der Waals surface area contributed by atoms with Crippen molar-refractivity contribution in [3.8, 4) is 5.75 Å². The van der Waals surface area contributed by atoms with E-state index in [0.717, 1.165) is 5.56 Å². The standard InChI is InChI=1S/C17H17ClN2O3/c1-23-15-7-3-6-14(11-15)20-17(22)16(21)19-9-8-12-4-2-5-13(18)10-12/h2-7,10-11H,8-9H2,1H3,(H,19,21)(H,20,22). The summed E-state index contributed by atoms with van der Waals surface area (Å²) in [5.74, 6) is -0.802. The number of rotatable bonds is 5. The molecule has 2 amide bonds. The highest BCUT2D eigenvalue weighted by Crippen LogP contribution is 2.16. The Bertz CT molecular complexity index is 704. The van der Waals surface area contributed by atoms with Gasteiger partial charge >= 0.3 is 11.8 Å². The summed E-state index contributed by atoms with van der Waals surface area (Å²) < 4.78 is 5.06. The molecule has 0 fully saturated rings. The van der Waals surface area contributed by atoms with Crippen molar-refractivity contribution in [2.24, 2.45) is 0 Å². The van der Waals surface area contributed by atoms with Crippen molar-refractivity contribution in [1.82, 2.24) is 5.32 Å². The fourth-order valence-electron chi connectivity index (χ4n) is 1.98. The number of nitrogens with one attached hydrogen (secondary N) is 2. The fourth-order valence-corrected chi connectivity index (χ4v) is 2.19. The molecule has 2 rings (SSSR count). The molecule has 6 heteroatoms. The molecule has 0 aliphatic heterocycles. The van der Waals surface area contributed by atoms with Gasteiger partial charge in [-0.2, -0.15) is 0 Å². The van der Waals surface area contributed by atoms with Crippen LogP contribution in [0.2, 0.25) is 5.02 Å². The molecule has 2 aromatic rings. The molecule has 0 heterocycles. The molecule has 120 valence electrons. The minimum atomic E-state index is -0.718. The third-order valence-corrected chi connectivity index (χ3v) is 3.36. The molecule has 0 saturated heterocycles. The van der Waals surface area contributed by atoms with Gasteiger partial charge < -0.3 is 15.4 Å². The maximum atomic E-state index is 11.8. The zero-order valence-corrected chi connectivity index (χ0v) is 13.4. The second kappa shape index (κ2) is 8.19. The van der Waals surface area contributed by atoms with Crippen molar-refractivity contribution in [1.29, 1.82) is 0 Å². The van der Waals surface area contributed by atoms with Gasteiger partial charge in [0.15, 0.2) is 0 Å². The first kappa shape index (κ1) is 16.8. The molecule has 2 aromatic carbocycles. The zero-order valence-electron chi connectivity index (χ0n) is 12.6. The van der Waals surface area contributed by atoms with Crippen LogP contribution in [0.1, 0.15) is 5.56 Å². The Morgan fingerprint density at radius 2 is 1.87 bits per heavy atom. The number of hydrogen-bond donors (Lipinski definition) is 2.